The van der Waals surface area contributed by atoms with Gasteiger partial charge in [-0.1, -0.05) is 30.3 Å². The van der Waals surface area contributed by atoms with Gasteiger partial charge in [0.1, 0.15) is 0 Å². The van der Waals surface area contributed by atoms with E-state index < -0.39 is 29.5 Å². The van der Waals surface area contributed by atoms with Gasteiger partial charge in [0.05, 0.1) is 19.6 Å². The van der Waals surface area contributed by atoms with Gasteiger partial charge in [-0.2, -0.15) is 4.90 Å². The first kappa shape index (κ1) is 20.1. The highest BCUT2D eigenvalue weighted by Crippen LogP contribution is 2.11. The molecule has 0 aliphatic rings. The molecule has 0 fully saturated rings. The summed E-state index contributed by atoms with van der Waals surface area (Å²) in [6.07, 6.45) is -0.247. The average Bonchev–Trinajstić information content (AvgIpc) is 2.51. The summed E-state index contributed by atoms with van der Waals surface area (Å²) in [5.74, 6) is -2.67. The number of hydrogen-bond acceptors (Lipinski definition) is 6. The van der Waals surface area contributed by atoms with Crippen molar-refractivity contribution in [2.45, 2.75) is 26.1 Å². The topological polar surface area (TPSA) is 149 Å². The maximum atomic E-state index is 12.0. The summed E-state index contributed by atoms with van der Waals surface area (Å²) in [5.41, 5.74) is 9.58. The highest BCUT2D eigenvalue weighted by atomic mass is 16.6. The highest BCUT2D eigenvalue weighted by molar-refractivity contribution is 6.11. The summed E-state index contributed by atoms with van der Waals surface area (Å²) in [5, 5.41) is 7.35. The van der Waals surface area contributed by atoms with Gasteiger partial charge in [-0.15, -0.1) is 0 Å². The molecule has 135 valence electrons. The van der Waals surface area contributed by atoms with Crippen LogP contribution in [0.4, 0.5) is 4.79 Å². The number of carbonyl (C=O) groups is 3. The van der Waals surface area contributed by atoms with Crippen LogP contribution in [0.1, 0.15) is 19.4 Å². The molecule has 1 aromatic rings. The van der Waals surface area contributed by atoms with Gasteiger partial charge in [0, 0.05) is 0 Å². The standard InChI is InChI=1S/C16H21N4O5/c1-16(2,13(17)22)25-15(23)20(14(18)19)12(21)8-9-24-10-11-6-4-3-5-7-11/h3-8H,9-10H2,1-2H3,(H2,17,22)(H3,18,19). The van der Waals surface area contributed by atoms with Crippen LogP contribution in [0.2, 0.25) is 0 Å². The number of ether oxygens (including phenoxy) is 2. The lowest BCUT2D eigenvalue weighted by Gasteiger charge is -2.25. The van der Waals surface area contributed by atoms with Gasteiger partial charge in [-0.05, 0) is 19.4 Å². The molecule has 0 aromatic heterocycles. The van der Waals surface area contributed by atoms with Crippen LogP contribution in [0.15, 0.2) is 30.3 Å². The number of hydrogen-bond donors (Lipinski definition) is 3. The van der Waals surface area contributed by atoms with Crippen LogP contribution in [-0.2, 0) is 25.7 Å². The molecule has 1 rings (SSSR count). The maximum absolute atomic E-state index is 12.0. The number of amides is 3. The largest absolute Gasteiger partial charge is 0.433 e. The molecular weight excluding hydrogens is 328 g/mol. The summed E-state index contributed by atoms with van der Waals surface area (Å²) in [6.45, 7) is 2.67. The molecule has 0 heterocycles. The van der Waals surface area contributed by atoms with E-state index in [1.165, 1.54) is 13.8 Å². The zero-order valence-electron chi connectivity index (χ0n) is 14.0. The Hall–Kier alpha value is -2.94. The predicted molar refractivity (Wildman–Crippen MR) is 88.9 cm³/mol. The number of rotatable bonds is 7. The molecule has 0 saturated heterocycles. The normalized spacial score (nSPS) is 10.8. The Kier molecular flexibility index (Phi) is 7.06. The SMILES string of the molecule is CC(C)(OC(=O)N(C(=N)N)C(=O)[CH]COCc1ccccc1)C(N)=O. The van der Waals surface area contributed by atoms with E-state index in [-0.39, 0.29) is 18.1 Å². The number of benzene rings is 1. The summed E-state index contributed by atoms with van der Waals surface area (Å²) < 4.78 is 10.1. The minimum absolute atomic E-state index is 0.107. The molecule has 25 heavy (non-hydrogen) atoms. The van der Waals surface area contributed by atoms with E-state index >= 15 is 0 Å². The molecular formula is C16H21N4O5. The number of nitrogens with two attached hydrogens (primary N) is 2. The summed E-state index contributed by atoms with van der Waals surface area (Å²) in [7, 11) is 0. The minimum Gasteiger partial charge on any atom is -0.433 e. The third-order valence-corrected chi connectivity index (χ3v) is 3.07. The van der Waals surface area contributed by atoms with Crippen molar-refractivity contribution in [3.8, 4) is 0 Å². The van der Waals surface area contributed by atoms with Gasteiger partial charge in [0.25, 0.3) is 5.91 Å². The van der Waals surface area contributed by atoms with E-state index in [0.29, 0.717) is 0 Å². The van der Waals surface area contributed by atoms with E-state index in [0.717, 1.165) is 12.0 Å². The molecule has 1 aromatic carbocycles. The van der Waals surface area contributed by atoms with E-state index in [9.17, 15) is 14.4 Å². The fraction of sp³-hybridized carbons (Fsp3) is 0.312. The molecule has 9 heteroatoms. The van der Waals surface area contributed by atoms with Crippen molar-refractivity contribution in [1.82, 2.24) is 4.90 Å². The monoisotopic (exact) mass is 349 g/mol. The second kappa shape index (κ2) is 8.78. The fourth-order valence-corrected chi connectivity index (χ4v) is 1.59. The molecule has 3 amide bonds. The summed E-state index contributed by atoms with van der Waals surface area (Å²) in [4.78, 5) is 35.5. The van der Waals surface area contributed by atoms with Crippen molar-refractivity contribution in [2.24, 2.45) is 11.5 Å². The first-order chi connectivity index (χ1) is 11.6. The first-order valence-corrected chi connectivity index (χ1v) is 7.31. The Morgan fingerprint density at radius 2 is 1.80 bits per heavy atom. The molecule has 0 saturated carbocycles. The molecule has 0 bridgehead atoms. The van der Waals surface area contributed by atoms with Gasteiger partial charge < -0.3 is 20.9 Å². The third-order valence-electron chi connectivity index (χ3n) is 3.07. The molecule has 0 aliphatic heterocycles. The third kappa shape index (κ3) is 6.22. The summed E-state index contributed by atoms with van der Waals surface area (Å²) in [6, 6.07) is 9.27. The van der Waals surface area contributed by atoms with Crippen LogP contribution >= 0.6 is 0 Å². The van der Waals surface area contributed by atoms with Crippen LogP contribution in [-0.4, -0.2) is 41.0 Å². The first-order valence-electron chi connectivity index (χ1n) is 7.31. The fourth-order valence-electron chi connectivity index (χ4n) is 1.59. The van der Waals surface area contributed by atoms with Crippen LogP contribution < -0.4 is 11.5 Å². The van der Waals surface area contributed by atoms with E-state index in [4.69, 9.17) is 26.4 Å². The van der Waals surface area contributed by atoms with Crippen LogP contribution in [0.5, 0.6) is 0 Å². The highest BCUT2D eigenvalue weighted by Gasteiger charge is 2.35. The van der Waals surface area contributed by atoms with Crippen LogP contribution in [0, 0.1) is 11.8 Å². The van der Waals surface area contributed by atoms with E-state index in [1.54, 1.807) is 0 Å². The number of guanidine groups is 1. The second-order valence-corrected chi connectivity index (χ2v) is 5.51. The lowest BCUT2D eigenvalue weighted by atomic mass is 10.1. The lowest BCUT2D eigenvalue weighted by Crippen LogP contribution is -2.51. The molecule has 1 radical (unpaired) electrons. The number of imide groups is 1. The molecule has 0 atom stereocenters. The van der Waals surface area contributed by atoms with Crippen molar-refractivity contribution in [3.05, 3.63) is 42.3 Å². The maximum Gasteiger partial charge on any atom is 0.424 e. The van der Waals surface area contributed by atoms with Gasteiger partial charge >= 0.3 is 6.09 Å². The van der Waals surface area contributed by atoms with Crippen molar-refractivity contribution in [2.75, 3.05) is 6.61 Å². The second-order valence-electron chi connectivity index (χ2n) is 5.51. The van der Waals surface area contributed by atoms with E-state index in [2.05, 4.69) is 0 Å². The number of nitrogens with one attached hydrogen (secondary N) is 1. The quantitative estimate of drug-likeness (QED) is 0.371. The Labute approximate surface area is 145 Å². The van der Waals surface area contributed by atoms with Crippen molar-refractivity contribution in [1.29, 1.82) is 5.41 Å². The van der Waals surface area contributed by atoms with Gasteiger partial charge in [-0.25, -0.2) is 4.79 Å². The van der Waals surface area contributed by atoms with Crippen molar-refractivity contribution < 1.29 is 23.9 Å². The van der Waals surface area contributed by atoms with Crippen LogP contribution in [0.3, 0.4) is 0 Å². The van der Waals surface area contributed by atoms with Crippen molar-refractivity contribution >= 4 is 23.9 Å². The zero-order chi connectivity index (χ0) is 19.0. The average molecular weight is 349 g/mol. The lowest BCUT2D eigenvalue weighted by molar-refractivity contribution is -0.135. The smallest absolute Gasteiger partial charge is 0.424 e. The molecule has 0 spiro atoms. The molecule has 9 nitrogen and oxygen atoms in total. The summed E-state index contributed by atoms with van der Waals surface area (Å²) >= 11 is 0. The minimum atomic E-state index is -1.66. The Morgan fingerprint density at radius 3 is 2.32 bits per heavy atom. The Balaban J connectivity index is 2.57. The van der Waals surface area contributed by atoms with E-state index in [1.807, 2.05) is 30.3 Å². The van der Waals surface area contributed by atoms with Gasteiger partial charge in [0.2, 0.25) is 11.9 Å². The predicted octanol–water partition coefficient (Wildman–Crippen LogP) is 0.530. The molecule has 0 aliphatic carbocycles. The van der Waals surface area contributed by atoms with Crippen molar-refractivity contribution in [3.63, 3.8) is 0 Å². The number of primary amides is 1. The van der Waals surface area contributed by atoms with Gasteiger partial charge in [0.15, 0.2) is 5.60 Å². The van der Waals surface area contributed by atoms with Crippen LogP contribution in [0.25, 0.3) is 0 Å². The Bertz CT molecular complexity index is 645. The van der Waals surface area contributed by atoms with Gasteiger partial charge in [-0.3, -0.25) is 15.0 Å². The molecule has 5 N–H and O–H groups in total. The Morgan fingerprint density at radius 1 is 1.20 bits per heavy atom. The number of carbonyl (C=O) groups excluding carboxylic acids is 3. The zero-order valence-corrected chi connectivity index (χ0v) is 14.0. The number of nitrogens with zero attached hydrogens (tertiary/aromatic N) is 1. The molecule has 0 unspecified atom stereocenters.